The summed E-state index contributed by atoms with van der Waals surface area (Å²) in [5, 5.41) is 13.1. The van der Waals surface area contributed by atoms with Crippen LogP contribution >= 0.6 is 11.3 Å². The molecule has 0 bridgehead atoms. The largest absolute Gasteiger partial charge is 0.496 e. The molecule has 34 heavy (non-hydrogen) atoms. The predicted octanol–water partition coefficient (Wildman–Crippen LogP) is 4.19. The van der Waals surface area contributed by atoms with Gasteiger partial charge >= 0.3 is 0 Å². The monoisotopic (exact) mass is 472 g/mol. The summed E-state index contributed by atoms with van der Waals surface area (Å²) in [6.45, 7) is 1.01. The normalized spacial score (nSPS) is 12.8. The Morgan fingerprint density at radius 3 is 2.91 bits per heavy atom. The van der Waals surface area contributed by atoms with Gasteiger partial charge in [-0.3, -0.25) is 14.6 Å². The van der Waals surface area contributed by atoms with E-state index >= 15 is 0 Å². The number of carbonyl (C=O) groups excluding carboxylic acids is 2. The maximum absolute atomic E-state index is 12.7. The van der Waals surface area contributed by atoms with Gasteiger partial charge in [0.2, 0.25) is 11.8 Å². The lowest BCUT2D eigenvalue weighted by Crippen LogP contribution is -2.35. The quantitative estimate of drug-likeness (QED) is 0.520. The topological polar surface area (TPSA) is 95.3 Å². The average Bonchev–Trinajstić information content (AvgIpc) is 3.22. The highest BCUT2D eigenvalue weighted by Crippen LogP contribution is 2.37. The molecule has 2 amide bonds. The lowest BCUT2D eigenvalue weighted by atomic mass is 10.0. The minimum atomic E-state index is -0.328. The van der Waals surface area contributed by atoms with E-state index in [-0.39, 0.29) is 11.8 Å². The van der Waals surface area contributed by atoms with Crippen molar-refractivity contribution in [1.82, 2.24) is 9.88 Å². The second-order valence-corrected chi connectivity index (χ2v) is 8.92. The van der Waals surface area contributed by atoms with Gasteiger partial charge in [-0.2, -0.15) is 5.26 Å². The van der Waals surface area contributed by atoms with E-state index in [1.807, 2.05) is 41.3 Å². The zero-order chi connectivity index (χ0) is 23.9. The van der Waals surface area contributed by atoms with Gasteiger partial charge in [-0.25, -0.2) is 0 Å². The Morgan fingerprint density at radius 2 is 2.15 bits per heavy atom. The number of nitriles is 1. The molecule has 1 aromatic carbocycles. The van der Waals surface area contributed by atoms with Crippen LogP contribution in [0.2, 0.25) is 0 Å². The number of aryl methyl sites for hydroxylation is 1. The molecule has 2 aromatic heterocycles. The lowest BCUT2D eigenvalue weighted by molar-refractivity contribution is -0.132. The highest BCUT2D eigenvalue weighted by Gasteiger charge is 2.27. The summed E-state index contributed by atoms with van der Waals surface area (Å²) in [5.41, 5.74) is 3.23. The molecule has 0 spiro atoms. The van der Waals surface area contributed by atoms with Gasteiger partial charge in [0.1, 0.15) is 16.8 Å². The predicted molar refractivity (Wildman–Crippen MR) is 131 cm³/mol. The molecule has 0 saturated heterocycles. The standard InChI is InChI=1S/C26H24N4O3S/c1-33-22-7-3-2-6-19(22)9-10-24(31)29-26-21(15-27)20-12-14-30(17-23(20)34-26)25(32)11-8-18-5-4-13-28-16-18/h2-7,9-10,13,16H,8,11-12,14,17H2,1H3,(H,29,31)/b10-9+. The molecule has 4 rings (SSSR count). The first-order valence-electron chi connectivity index (χ1n) is 10.9. The van der Waals surface area contributed by atoms with Crippen LogP contribution in [0, 0.1) is 11.3 Å². The summed E-state index contributed by atoms with van der Waals surface area (Å²) in [6.07, 6.45) is 8.24. The average molecular weight is 473 g/mol. The number of anilines is 1. The molecule has 0 atom stereocenters. The number of nitrogens with one attached hydrogen (secondary N) is 1. The fraction of sp³-hybridized carbons (Fsp3) is 0.231. The van der Waals surface area contributed by atoms with Crippen molar-refractivity contribution in [3.63, 3.8) is 0 Å². The van der Waals surface area contributed by atoms with Crippen molar-refractivity contribution in [2.24, 2.45) is 0 Å². The summed E-state index contributed by atoms with van der Waals surface area (Å²) in [6, 6.07) is 13.5. The number of fused-ring (bicyclic) bond motifs is 1. The Hall–Kier alpha value is -3.96. The van der Waals surface area contributed by atoms with Gasteiger partial charge in [0.05, 0.1) is 19.2 Å². The number of benzene rings is 1. The Kier molecular flexibility index (Phi) is 7.35. The molecule has 7 nitrogen and oxygen atoms in total. The number of amides is 2. The summed E-state index contributed by atoms with van der Waals surface area (Å²) in [4.78, 5) is 32.2. The Bertz CT molecular complexity index is 1260. The number of rotatable bonds is 7. The van der Waals surface area contributed by atoms with Crippen molar-refractivity contribution in [3.8, 4) is 11.8 Å². The molecule has 3 heterocycles. The first kappa shape index (κ1) is 23.2. The van der Waals surface area contributed by atoms with E-state index in [2.05, 4.69) is 16.4 Å². The SMILES string of the molecule is COc1ccccc1/C=C/C(=O)Nc1sc2c(c1C#N)CCN(C(=O)CCc1cccnc1)C2. The smallest absolute Gasteiger partial charge is 0.249 e. The van der Waals surface area contributed by atoms with Crippen LogP contribution in [0.15, 0.2) is 54.9 Å². The number of aromatic nitrogens is 1. The van der Waals surface area contributed by atoms with Crippen molar-refractivity contribution in [1.29, 1.82) is 5.26 Å². The van der Waals surface area contributed by atoms with Gasteiger partial charge in [0.15, 0.2) is 0 Å². The van der Waals surface area contributed by atoms with Crippen molar-refractivity contribution >= 4 is 34.2 Å². The molecule has 1 aliphatic heterocycles. The molecule has 0 unspecified atom stereocenters. The first-order valence-corrected chi connectivity index (χ1v) is 11.7. The summed E-state index contributed by atoms with van der Waals surface area (Å²) >= 11 is 1.36. The Labute approximate surface area is 202 Å². The molecule has 0 radical (unpaired) electrons. The van der Waals surface area contributed by atoms with Crippen molar-refractivity contribution < 1.29 is 14.3 Å². The van der Waals surface area contributed by atoms with E-state index in [1.54, 1.807) is 25.6 Å². The number of carbonyl (C=O) groups is 2. The highest BCUT2D eigenvalue weighted by atomic mass is 32.1. The molecular formula is C26H24N4O3S. The number of ether oxygens (including phenoxy) is 1. The number of hydrogen-bond donors (Lipinski definition) is 1. The second kappa shape index (κ2) is 10.8. The van der Waals surface area contributed by atoms with E-state index in [9.17, 15) is 14.9 Å². The van der Waals surface area contributed by atoms with Crippen LogP contribution in [0.3, 0.4) is 0 Å². The van der Waals surface area contributed by atoms with Crippen LogP contribution < -0.4 is 10.1 Å². The van der Waals surface area contributed by atoms with Crippen molar-refractivity contribution in [3.05, 3.63) is 82.0 Å². The zero-order valence-electron chi connectivity index (χ0n) is 18.8. The van der Waals surface area contributed by atoms with Crippen molar-refractivity contribution in [2.45, 2.75) is 25.8 Å². The molecule has 3 aromatic rings. The maximum atomic E-state index is 12.7. The molecule has 1 N–H and O–H groups in total. The van der Waals surface area contributed by atoms with Crippen LogP contribution in [0.5, 0.6) is 5.75 Å². The van der Waals surface area contributed by atoms with E-state index in [1.165, 1.54) is 17.4 Å². The first-order chi connectivity index (χ1) is 16.6. The fourth-order valence-corrected chi connectivity index (χ4v) is 5.12. The third-order valence-electron chi connectivity index (χ3n) is 5.66. The van der Waals surface area contributed by atoms with Crippen molar-refractivity contribution in [2.75, 3.05) is 19.0 Å². The number of para-hydroxylation sites is 1. The zero-order valence-corrected chi connectivity index (χ0v) is 19.6. The van der Waals surface area contributed by atoms with Gasteiger partial charge in [-0.15, -0.1) is 11.3 Å². The fourth-order valence-electron chi connectivity index (χ4n) is 3.90. The van der Waals surface area contributed by atoms with Gasteiger partial charge < -0.3 is 15.0 Å². The molecular weight excluding hydrogens is 448 g/mol. The summed E-state index contributed by atoms with van der Waals surface area (Å²) in [7, 11) is 1.58. The lowest BCUT2D eigenvalue weighted by Gasteiger charge is -2.27. The van der Waals surface area contributed by atoms with Gasteiger partial charge in [-0.1, -0.05) is 24.3 Å². The second-order valence-electron chi connectivity index (χ2n) is 7.81. The van der Waals surface area contributed by atoms with Gasteiger partial charge in [0.25, 0.3) is 0 Å². The van der Waals surface area contributed by atoms with Crippen LogP contribution in [0.4, 0.5) is 5.00 Å². The van der Waals surface area contributed by atoms with E-state index < -0.39 is 0 Å². The summed E-state index contributed by atoms with van der Waals surface area (Å²) < 4.78 is 5.30. The third kappa shape index (κ3) is 5.33. The molecule has 0 aliphatic carbocycles. The number of pyridine rings is 1. The molecule has 0 fully saturated rings. The molecule has 1 aliphatic rings. The van der Waals surface area contributed by atoms with E-state index in [0.29, 0.717) is 48.7 Å². The minimum absolute atomic E-state index is 0.0757. The number of hydrogen-bond acceptors (Lipinski definition) is 6. The van der Waals surface area contributed by atoms with E-state index in [4.69, 9.17) is 4.74 Å². The van der Waals surface area contributed by atoms with E-state index in [0.717, 1.165) is 21.6 Å². The van der Waals surface area contributed by atoms with Gasteiger partial charge in [0, 0.05) is 41.9 Å². The number of nitrogens with zero attached hydrogens (tertiary/aromatic N) is 3. The van der Waals surface area contributed by atoms with Gasteiger partial charge in [-0.05, 0) is 42.2 Å². The number of methoxy groups -OCH3 is 1. The Balaban J connectivity index is 1.42. The molecule has 0 saturated carbocycles. The van der Waals surface area contributed by atoms with Crippen LogP contribution in [0.25, 0.3) is 6.08 Å². The van der Waals surface area contributed by atoms with Crippen LogP contribution in [-0.2, 0) is 29.0 Å². The third-order valence-corrected chi connectivity index (χ3v) is 6.79. The van der Waals surface area contributed by atoms with Crippen LogP contribution in [0.1, 0.15) is 33.6 Å². The highest BCUT2D eigenvalue weighted by molar-refractivity contribution is 7.16. The molecule has 172 valence electrons. The summed E-state index contributed by atoms with van der Waals surface area (Å²) in [5.74, 6) is 0.418. The molecule has 8 heteroatoms. The number of thiophene rings is 1. The minimum Gasteiger partial charge on any atom is -0.496 e. The maximum Gasteiger partial charge on any atom is 0.249 e. The Morgan fingerprint density at radius 1 is 1.29 bits per heavy atom. The van der Waals surface area contributed by atoms with Crippen LogP contribution in [-0.4, -0.2) is 35.4 Å².